The molecule has 0 aliphatic carbocycles. The van der Waals surface area contributed by atoms with Crippen LogP contribution in [-0.4, -0.2) is 25.0 Å². The molecule has 1 heterocycles. The van der Waals surface area contributed by atoms with Crippen molar-refractivity contribution in [1.29, 1.82) is 0 Å². The van der Waals surface area contributed by atoms with Crippen LogP contribution in [0.2, 0.25) is 0 Å². The summed E-state index contributed by atoms with van der Waals surface area (Å²) >= 11 is 0. The largest absolute Gasteiger partial charge is 0.484 e. The molecule has 25 heavy (non-hydrogen) atoms. The molecule has 0 unspecified atom stereocenters. The van der Waals surface area contributed by atoms with E-state index >= 15 is 0 Å². The number of nitrogens with zero attached hydrogens (tertiary/aromatic N) is 1. The predicted octanol–water partition coefficient (Wildman–Crippen LogP) is 2.82. The number of carbonyl (C=O) groups excluding carboxylic acids is 2. The van der Waals surface area contributed by atoms with Gasteiger partial charge in [-0.2, -0.15) is 0 Å². The van der Waals surface area contributed by atoms with E-state index in [-0.39, 0.29) is 18.4 Å². The molecule has 1 N–H and O–H groups in total. The number of rotatable bonds is 6. The molecular formula is C20H22N2O3. The summed E-state index contributed by atoms with van der Waals surface area (Å²) in [6.45, 7) is 3.18. The third kappa shape index (κ3) is 4.59. The van der Waals surface area contributed by atoms with Crippen molar-refractivity contribution >= 4 is 17.5 Å². The van der Waals surface area contributed by atoms with Gasteiger partial charge >= 0.3 is 0 Å². The summed E-state index contributed by atoms with van der Waals surface area (Å²) in [5, 5.41) is 2.84. The summed E-state index contributed by atoms with van der Waals surface area (Å²) in [4.78, 5) is 25.5. The molecular weight excluding hydrogens is 316 g/mol. The van der Waals surface area contributed by atoms with Crippen LogP contribution >= 0.6 is 0 Å². The van der Waals surface area contributed by atoms with Crippen LogP contribution in [0.15, 0.2) is 48.5 Å². The summed E-state index contributed by atoms with van der Waals surface area (Å²) in [5.74, 6) is 0.542. The minimum atomic E-state index is -0.177. The monoisotopic (exact) mass is 338 g/mol. The normalized spacial score (nSPS) is 13.8. The van der Waals surface area contributed by atoms with Crippen molar-refractivity contribution in [2.45, 2.75) is 26.3 Å². The van der Waals surface area contributed by atoms with Gasteiger partial charge in [0, 0.05) is 31.3 Å². The van der Waals surface area contributed by atoms with Crippen molar-refractivity contribution in [1.82, 2.24) is 5.32 Å². The number of benzene rings is 2. The molecule has 2 amide bonds. The fourth-order valence-electron chi connectivity index (χ4n) is 2.88. The fraction of sp³-hybridized carbons (Fsp3) is 0.300. The molecule has 0 saturated carbocycles. The van der Waals surface area contributed by atoms with Crippen LogP contribution in [0.25, 0.3) is 0 Å². The van der Waals surface area contributed by atoms with E-state index in [1.807, 2.05) is 43.3 Å². The Morgan fingerprint density at radius 2 is 2.04 bits per heavy atom. The molecule has 130 valence electrons. The van der Waals surface area contributed by atoms with Crippen LogP contribution in [0, 0.1) is 6.92 Å². The Labute approximate surface area is 147 Å². The molecule has 1 fully saturated rings. The van der Waals surface area contributed by atoms with E-state index < -0.39 is 0 Å². The first-order valence-electron chi connectivity index (χ1n) is 8.47. The molecule has 5 heteroatoms. The molecule has 5 nitrogen and oxygen atoms in total. The number of nitrogens with one attached hydrogen (secondary N) is 1. The van der Waals surface area contributed by atoms with E-state index in [9.17, 15) is 9.59 Å². The number of carbonyl (C=O) groups is 2. The van der Waals surface area contributed by atoms with Gasteiger partial charge in [-0.15, -0.1) is 0 Å². The van der Waals surface area contributed by atoms with Crippen LogP contribution in [0.3, 0.4) is 0 Å². The topological polar surface area (TPSA) is 58.6 Å². The van der Waals surface area contributed by atoms with E-state index in [0.29, 0.717) is 18.7 Å². The number of hydrogen-bond acceptors (Lipinski definition) is 3. The minimum absolute atomic E-state index is 0.0524. The maximum atomic E-state index is 12.0. The van der Waals surface area contributed by atoms with Crippen molar-refractivity contribution in [3.63, 3.8) is 0 Å². The molecule has 0 bridgehead atoms. The SMILES string of the molecule is Cc1cccc(CNC(=O)COc2cccc(N3CCCC3=O)c2)c1. The van der Waals surface area contributed by atoms with Gasteiger partial charge in [-0.1, -0.05) is 35.9 Å². The number of anilines is 1. The fourth-order valence-corrected chi connectivity index (χ4v) is 2.88. The predicted molar refractivity (Wildman–Crippen MR) is 96.5 cm³/mol. The number of aryl methyl sites for hydroxylation is 1. The molecule has 1 saturated heterocycles. The minimum Gasteiger partial charge on any atom is -0.484 e. The smallest absolute Gasteiger partial charge is 0.258 e. The third-order valence-corrected chi connectivity index (χ3v) is 4.14. The van der Waals surface area contributed by atoms with Crippen LogP contribution in [-0.2, 0) is 16.1 Å². The average Bonchev–Trinajstić information content (AvgIpc) is 3.04. The Bertz CT molecular complexity index is 773. The van der Waals surface area contributed by atoms with Gasteiger partial charge in [-0.3, -0.25) is 9.59 Å². The van der Waals surface area contributed by atoms with E-state index in [1.54, 1.807) is 17.0 Å². The average molecular weight is 338 g/mol. The van der Waals surface area contributed by atoms with E-state index in [4.69, 9.17) is 4.74 Å². The first kappa shape index (κ1) is 17.0. The second kappa shape index (κ2) is 7.83. The highest BCUT2D eigenvalue weighted by atomic mass is 16.5. The van der Waals surface area contributed by atoms with Gasteiger partial charge in [0.1, 0.15) is 5.75 Å². The number of amides is 2. The van der Waals surface area contributed by atoms with Crippen molar-refractivity contribution in [3.05, 3.63) is 59.7 Å². The molecule has 2 aromatic rings. The summed E-state index contributed by atoms with van der Waals surface area (Å²) < 4.78 is 5.57. The lowest BCUT2D eigenvalue weighted by Gasteiger charge is -2.16. The quantitative estimate of drug-likeness (QED) is 0.881. The highest BCUT2D eigenvalue weighted by Crippen LogP contribution is 2.25. The van der Waals surface area contributed by atoms with Gasteiger partial charge < -0.3 is 15.0 Å². The second-order valence-corrected chi connectivity index (χ2v) is 6.20. The number of ether oxygens (including phenoxy) is 1. The maximum Gasteiger partial charge on any atom is 0.258 e. The van der Waals surface area contributed by atoms with E-state index in [2.05, 4.69) is 5.32 Å². The van der Waals surface area contributed by atoms with Gasteiger partial charge in [-0.25, -0.2) is 0 Å². The first-order valence-corrected chi connectivity index (χ1v) is 8.47. The zero-order chi connectivity index (χ0) is 17.6. The second-order valence-electron chi connectivity index (χ2n) is 6.20. The van der Waals surface area contributed by atoms with Crippen molar-refractivity contribution in [2.75, 3.05) is 18.1 Å². The zero-order valence-corrected chi connectivity index (χ0v) is 14.3. The van der Waals surface area contributed by atoms with E-state index in [1.165, 1.54) is 0 Å². The lowest BCUT2D eigenvalue weighted by molar-refractivity contribution is -0.123. The Balaban J connectivity index is 1.51. The standard InChI is InChI=1S/C20H22N2O3/c1-15-5-2-6-16(11-15)13-21-19(23)14-25-18-8-3-7-17(12-18)22-10-4-9-20(22)24/h2-3,5-8,11-12H,4,9-10,13-14H2,1H3,(H,21,23). The highest BCUT2D eigenvalue weighted by Gasteiger charge is 2.21. The lowest BCUT2D eigenvalue weighted by atomic mass is 10.1. The van der Waals surface area contributed by atoms with Crippen molar-refractivity contribution < 1.29 is 14.3 Å². The molecule has 0 radical (unpaired) electrons. The third-order valence-electron chi connectivity index (χ3n) is 4.14. The summed E-state index contributed by atoms with van der Waals surface area (Å²) in [5.41, 5.74) is 3.04. The Hall–Kier alpha value is -2.82. The lowest BCUT2D eigenvalue weighted by Crippen LogP contribution is -2.28. The van der Waals surface area contributed by atoms with Crippen molar-refractivity contribution in [2.24, 2.45) is 0 Å². The molecule has 2 aromatic carbocycles. The zero-order valence-electron chi connectivity index (χ0n) is 14.3. The van der Waals surface area contributed by atoms with Crippen molar-refractivity contribution in [3.8, 4) is 5.75 Å². The molecule has 1 aliphatic rings. The van der Waals surface area contributed by atoms with Gasteiger partial charge in [0.2, 0.25) is 5.91 Å². The molecule has 3 rings (SSSR count). The Morgan fingerprint density at radius 1 is 1.20 bits per heavy atom. The van der Waals surface area contributed by atoms with Gasteiger partial charge in [-0.05, 0) is 31.0 Å². The van der Waals surface area contributed by atoms with Gasteiger partial charge in [0.15, 0.2) is 6.61 Å². The molecule has 0 aromatic heterocycles. The highest BCUT2D eigenvalue weighted by molar-refractivity contribution is 5.95. The van der Waals surface area contributed by atoms with Gasteiger partial charge in [0.05, 0.1) is 0 Å². The Kier molecular flexibility index (Phi) is 5.33. The summed E-state index contributed by atoms with van der Waals surface area (Å²) in [6.07, 6.45) is 1.47. The van der Waals surface area contributed by atoms with E-state index in [0.717, 1.165) is 29.8 Å². The molecule has 1 aliphatic heterocycles. The van der Waals surface area contributed by atoms with Crippen LogP contribution < -0.4 is 15.0 Å². The van der Waals surface area contributed by atoms with Crippen LogP contribution in [0.5, 0.6) is 5.75 Å². The van der Waals surface area contributed by atoms with Crippen LogP contribution in [0.4, 0.5) is 5.69 Å². The number of hydrogen-bond donors (Lipinski definition) is 1. The summed E-state index contributed by atoms with van der Waals surface area (Å²) in [6, 6.07) is 15.3. The maximum absolute atomic E-state index is 12.0. The van der Waals surface area contributed by atoms with Gasteiger partial charge in [0.25, 0.3) is 5.91 Å². The first-order chi connectivity index (χ1) is 12.1. The molecule has 0 spiro atoms. The summed E-state index contributed by atoms with van der Waals surface area (Å²) in [7, 11) is 0. The Morgan fingerprint density at radius 3 is 2.80 bits per heavy atom. The van der Waals surface area contributed by atoms with Crippen LogP contribution in [0.1, 0.15) is 24.0 Å². The molecule has 0 atom stereocenters.